The second-order valence-electron chi connectivity index (χ2n) is 9.31. The summed E-state index contributed by atoms with van der Waals surface area (Å²) < 4.78 is 55.8. The van der Waals surface area contributed by atoms with Crippen molar-refractivity contribution in [1.29, 1.82) is 5.41 Å². The summed E-state index contributed by atoms with van der Waals surface area (Å²) in [6.07, 6.45) is -2.50. The molecule has 0 radical (unpaired) electrons. The van der Waals surface area contributed by atoms with Crippen LogP contribution in [0.25, 0.3) is 5.82 Å². The number of carbonyl (C=O) groups excluding carboxylic acids is 1. The van der Waals surface area contributed by atoms with Gasteiger partial charge in [-0.3, -0.25) is 24.1 Å². The van der Waals surface area contributed by atoms with E-state index in [9.17, 15) is 27.2 Å². The second-order valence-corrected chi connectivity index (χ2v) is 9.31. The quantitative estimate of drug-likeness (QED) is 0.337. The van der Waals surface area contributed by atoms with Gasteiger partial charge in [-0.1, -0.05) is 24.3 Å². The number of carbonyl (C=O) groups is 1. The number of fused-ring (bicyclic) bond motifs is 3. The van der Waals surface area contributed by atoms with E-state index >= 15 is 0 Å². The van der Waals surface area contributed by atoms with Gasteiger partial charge in [0.15, 0.2) is 0 Å². The first kappa shape index (κ1) is 25.4. The third-order valence-corrected chi connectivity index (χ3v) is 6.87. The lowest BCUT2D eigenvalue weighted by atomic mass is 10.1. The maximum absolute atomic E-state index is 14.4. The number of para-hydroxylation sites is 1. The number of aromatic nitrogens is 2. The molecule has 2 aliphatic rings. The molecule has 2 heterocycles. The smallest absolute Gasteiger partial charge is 0.367 e. The Morgan fingerprint density at radius 1 is 1.16 bits per heavy atom. The molecule has 5 rings (SSSR count). The van der Waals surface area contributed by atoms with Crippen LogP contribution in [-0.2, 0) is 13.6 Å². The standard InChI is InChI=1S/C26H24F4N6O2/c1-35-24(38)20(22(31)36-19-9-5-8-18(19)34-25(35)36)23(33-15-6-3-2-4-7-15)32-13-14-10-11-16(17(27)12-14)21(37)26(28,29)30/h2-4,6-7,10-12,18-19,31-33H,5,8-9,13H2,1H3/t18-,19+/m1/s1. The SMILES string of the molecule is Cn1c(=O)c(=C(NCc2ccc(C(=O)C(F)(F)F)c(F)c2)Nc2ccccc2)c(=N)n2c1=N[C@@H]1CCC[C@@H]12. The minimum absolute atomic E-state index is 0.0133. The van der Waals surface area contributed by atoms with Crippen LogP contribution in [0.4, 0.5) is 23.2 Å². The van der Waals surface area contributed by atoms with E-state index in [-0.39, 0.29) is 40.7 Å². The van der Waals surface area contributed by atoms with Gasteiger partial charge in [-0.25, -0.2) is 9.38 Å². The summed E-state index contributed by atoms with van der Waals surface area (Å²) in [5.74, 6) is -3.39. The monoisotopic (exact) mass is 528 g/mol. The molecule has 8 nitrogen and oxygen atoms in total. The first-order valence-electron chi connectivity index (χ1n) is 12.0. The van der Waals surface area contributed by atoms with Crippen LogP contribution in [0, 0.1) is 11.2 Å². The van der Waals surface area contributed by atoms with Gasteiger partial charge in [0.1, 0.15) is 22.3 Å². The zero-order valence-electron chi connectivity index (χ0n) is 20.3. The number of nitrogens with zero attached hydrogens (tertiary/aromatic N) is 3. The Kier molecular flexibility index (Phi) is 6.41. The lowest BCUT2D eigenvalue weighted by molar-refractivity contribution is -0.0887. The topological polar surface area (TPSA) is 104 Å². The number of hydrogen-bond acceptors (Lipinski definition) is 6. The highest BCUT2D eigenvalue weighted by Crippen LogP contribution is 2.32. The second kappa shape index (κ2) is 9.58. The molecule has 0 amide bonds. The summed E-state index contributed by atoms with van der Waals surface area (Å²) in [5.41, 5.74) is -0.276. The molecule has 2 aromatic carbocycles. The fraction of sp³-hybridized carbons (Fsp3) is 0.308. The predicted octanol–water partition coefficient (Wildman–Crippen LogP) is 2.24. The number of nitrogens with one attached hydrogen (secondary N) is 3. The highest BCUT2D eigenvalue weighted by molar-refractivity contribution is 6.00. The van der Waals surface area contributed by atoms with E-state index in [0.29, 0.717) is 11.3 Å². The summed E-state index contributed by atoms with van der Waals surface area (Å²) in [6, 6.07) is 11.7. The van der Waals surface area contributed by atoms with Crippen molar-refractivity contribution in [3.63, 3.8) is 0 Å². The molecule has 0 bridgehead atoms. The van der Waals surface area contributed by atoms with Crippen LogP contribution < -0.4 is 32.5 Å². The number of anilines is 1. The van der Waals surface area contributed by atoms with Crippen molar-refractivity contribution in [2.75, 3.05) is 5.32 Å². The summed E-state index contributed by atoms with van der Waals surface area (Å²) in [4.78, 5) is 29.6. The molecule has 1 aromatic heterocycles. The Labute approximate surface area is 213 Å². The van der Waals surface area contributed by atoms with E-state index in [2.05, 4.69) is 15.6 Å². The molecule has 0 unspecified atom stereocenters. The van der Waals surface area contributed by atoms with Crippen LogP contribution in [0.3, 0.4) is 0 Å². The Morgan fingerprint density at radius 2 is 1.89 bits per heavy atom. The molecule has 198 valence electrons. The van der Waals surface area contributed by atoms with Crippen LogP contribution in [0.5, 0.6) is 0 Å². The molecule has 0 spiro atoms. The molecule has 12 heteroatoms. The van der Waals surface area contributed by atoms with Gasteiger partial charge in [0.25, 0.3) is 11.3 Å². The molecular weight excluding hydrogens is 504 g/mol. The fourth-order valence-corrected chi connectivity index (χ4v) is 5.01. The Bertz CT molecular complexity index is 1660. The summed E-state index contributed by atoms with van der Waals surface area (Å²) in [6.45, 7) is -0.104. The lowest BCUT2D eigenvalue weighted by Crippen LogP contribution is -2.59. The van der Waals surface area contributed by atoms with Gasteiger partial charge >= 0.3 is 6.18 Å². The van der Waals surface area contributed by atoms with Gasteiger partial charge < -0.3 is 10.6 Å². The van der Waals surface area contributed by atoms with Crippen molar-refractivity contribution in [2.45, 2.75) is 44.1 Å². The van der Waals surface area contributed by atoms with Crippen molar-refractivity contribution in [1.82, 2.24) is 14.5 Å². The van der Waals surface area contributed by atoms with E-state index in [4.69, 9.17) is 5.41 Å². The van der Waals surface area contributed by atoms with Gasteiger partial charge in [0.05, 0.1) is 17.6 Å². The highest BCUT2D eigenvalue weighted by Gasteiger charge is 2.40. The van der Waals surface area contributed by atoms with Crippen molar-refractivity contribution in [3.8, 4) is 0 Å². The average molecular weight is 529 g/mol. The van der Waals surface area contributed by atoms with Gasteiger partial charge in [-0.15, -0.1) is 0 Å². The number of benzene rings is 2. The van der Waals surface area contributed by atoms with Gasteiger partial charge in [0, 0.05) is 19.3 Å². The van der Waals surface area contributed by atoms with E-state index in [1.165, 1.54) is 10.6 Å². The van der Waals surface area contributed by atoms with Crippen LogP contribution in [0.1, 0.15) is 41.2 Å². The molecule has 38 heavy (non-hydrogen) atoms. The van der Waals surface area contributed by atoms with Crippen molar-refractivity contribution >= 4 is 17.3 Å². The van der Waals surface area contributed by atoms with E-state index in [1.54, 1.807) is 35.9 Å². The lowest BCUT2D eigenvalue weighted by Gasteiger charge is -2.17. The van der Waals surface area contributed by atoms with E-state index in [1.807, 2.05) is 6.07 Å². The summed E-state index contributed by atoms with van der Waals surface area (Å²) >= 11 is 0. The number of rotatable bonds is 6. The van der Waals surface area contributed by atoms with Crippen LogP contribution in [-0.4, -0.2) is 27.1 Å². The first-order valence-corrected chi connectivity index (χ1v) is 12.0. The summed E-state index contributed by atoms with van der Waals surface area (Å²) in [5, 5.41) is 15.1. The van der Waals surface area contributed by atoms with Gasteiger partial charge in [-0.05, 0) is 49.1 Å². The Hall–Kier alpha value is -4.22. The Morgan fingerprint density at radius 3 is 2.58 bits per heavy atom. The van der Waals surface area contributed by atoms with E-state index < -0.39 is 28.9 Å². The molecule has 1 aliphatic heterocycles. The van der Waals surface area contributed by atoms with Crippen LogP contribution in [0.2, 0.25) is 0 Å². The predicted molar refractivity (Wildman–Crippen MR) is 130 cm³/mol. The molecule has 2 atom stereocenters. The first-order chi connectivity index (χ1) is 18.1. The maximum atomic E-state index is 14.4. The third-order valence-electron chi connectivity index (χ3n) is 6.87. The van der Waals surface area contributed by atoms with E-state index in [0.717, 1.165) is 31.4 Å². The molecule has 1 saturated carbocycles. The molecule has 3 aromatic rings. The van der Waals surface area contributed by atoms with Crippen LogP contribution >= 0.6 is 0 Å². The molecule has 3 N–H and O–H groups in total. The molecule has 1 fully saturated rings. The zero-order valence-corrected chi connectivity index (χ0v) is 20.3. The average Bonchev–Trinajstić information content (AvgIpc) is 3.47. The Balaban J connectivity index is 1.58. The highest BCUT2D eigenvalue weighted by atomic mass is 19.4. The number of alkyl halides is 3. The largest absolute Gasteiger partial charge is 0.454 e. The number of Topliss-reactive ketones (excluding diaryl/α,β-unsaturated/α-hetero) is 1. The molecule has 1 aliphatic carbocycles. The molecule has 0 saturated heterocycles. The summed E-state index contributed by atoms with van der Waals surface area (Å²) in [7, 11) is 1.59. The van der Waals surface area contributed by atoms with Crippen molar-refractivity contribution in [3.05, 3.63) is 92.2 Å². The van der Waals surface area contributed by atoms with Gasteiger partial charge in [0.2, 0.25) is 5.62 Å². The zero-order chi connectivity index (χ0) is 27.2. The van der Waals surface area contributed by atoms with Crippen molar-refractivity contribution < 1.29 is 22.4 Å². The minimum atomic E-state index is -5.19. The maximum Gasteiger partial charge on any atom is 0.454 e. The number of hydrogen-bond donors (Lipinski definition) is 3. The number of ketones is 1. The van der Waals surface area contributed by atoms with Crippen molar-refractivity contribution in [2.24, 2.45) is 12.0 Å². The normalized spacial score (nSPS) is 18.9. The number of halogens is 4. The fourth-order valence-electron chi connectivity index (χ4n) is 5.01. The van der Waals surface area contributed by atoms with Gasteiger partial charge in [-0.2, -0.15) is 13.2 Å². The van der Waals surface area contributed by atoms with Crippen LogP contribution in [0.15, 0.2) is 58.3 Å². The third kappa shape index (κ3) is 4.50. The minimum Gasteiger partial charge on any atom is -0.367 e. The molecular formula is C26H24F4N6O2.